The van der Waals surface area contributed by atoms with Gasteiger partial charge in [-0.1, -0.05) is 6.07 Å². The highest BCUT2D eigenvalue weighted by Crippen LogP contribution is 2.18. The van der Waals surface area contributed by atoms with Gasteiger partial charge in [0.05, 0.1) is 19.3 Å². The van der Waals surface area contributed by atoms with Gasteiger partial charge in [0.25, 0.3) is 0 Å². The molecule has 0 amide bonds. The van der Waals surface area contributed by atoms with Crippen molar-refractivity contribution in [1.29, 1.82) is 0 Å². The van der Waals surface area contributed by atoms with Gasteiger partial charge >= 0.3 is 0 Å². The molecule has 1 heterocycles. The van der Waals surface area contributed by atoms with Gasteiger partial charge < -0.3 is 15.4 Å². The van der Waals surface area contributed by atoms with Crippen molar-refractivity contribution >= 4 is 23.0 Å². The van der Waals surface area contributed by atoms with Crippen LogP contribution in [0.1, 0.15) is 24.2 Å². The van der Waals surface area contributed by atoms with Crippen LogP contribution >= 0.6 is 12.2 Å². The third-order valence-electron chi connectivity index (χ3n) is 3.41. The Bertz CT molecular complexity index is 638. The zero-order valence-corrected chi connectivity index (χ0v) is 13.5. The molecule has 0 spiro atoms. The van der Waals surface area contributed by atoms with Crippen molar-refractivity contribution in [2.75, 3.05) is 12.4 Å². The number of aromatic nitrogens is 2. The van der Waals surface area contributed by atoms with E-state index in [-0.39, 0.29) is 6.04 Å². The van der Waals surface area contributed by atoms with Crippen LogP contribution in [0, 0.1) is 6.92 Å². The Hall–Kier alpha value is -2.08. The number of nitrogens with zero attached hydrogens (tertiary/aromatic N) is 2. The van der Waals surface area contributed by atoms with E-state index in [1.165, 1.54) is 0 Å². The van der Waals surface area contributed by atoms with Gasteiger partial charge in [0, 0.05) is 30.1 Å². The summed E-state index contributed by atoms with van der Waals surface area (Å²) in [4.78, 5) is 0. The lowest BCUT2D eigenvalue weighted by Crippen LogP contribution is -2.31. The molecule has 2 rings (SSSR count). The molecule has 112 valence electrons. The van der Waals surface area contributed by atoms with E-state index in [1.807, 2.05) is 49.1 Å². The van der Waals surface area contributed by atoms with Gasteiger partial charge in [-0.2, -0.15) is 5.10 Å². The Labute approximate surface area is 130 Å². The lowest BCUT2D eigenvalue weighted by Gasteiger charge is -2.17. The molecule has 1 aromatic carbocycles. The second-order valence-corrected chi connectivity index (χ2v) is 5.27. The van der Waals surface area contributed by atoms with Crippen molar-refractivity contribution in [3.63, 3.8) is 0 Å². The molecule has 21 heavy (non-hydrogen) atoms. The van der Waals surface area contributed by atoms with Crippen LogP contribution in [0.15, 0.2) is 30.5 Å². The average molecular weight is 304 g/mol. The van der Waals surface area contributed by atoms with Crippen LogP contribution in [-0.4, -0.2) is 22.0 Å². The number of aryl methyl sites for hydroxylation is 1. The number of benzene rings is 1. The van der Waals surface area contributed by atoms with Gasteiger partial charge in [-0.25, -0.2) is 0 Å². The maximum Gasteiger partial charge on any atom is 0.171 e. The maximum absolute atomic E-state index is 5.35. The summed E-state index contributed by atoms with van der Waals surface area (Å²) in [6.45, 7) is 4.10. The third-order valence-corrected chi connectivity index (χ3v) is 3.63. The number of methoxy groups -OCH3 is 1. The van der Waals surface area contributed by atoms with Crippen molar-refractivity contribution < 1.29 is 4.74 Å². The van der Waals surface area contributed by atoms with Gasteiger partial charge in [-0.15, -0.1) is 0 Å². The van der Waals surface area contributed by atoms with Crippen molar-refractivity contribution in [2.45, 2.75) is 19.9 Å². The first kappa shape index (κ1) is 15.3. The van der Waals surface area contributed by atoms with Crippen LogP contribution in [0.3, 0.4) is 0 Å². The highest BCUT2D eigenvalue weighted by Gasteiger charge is 2.13. The summed E-state index contributed by atoms with van der Waals surface area (Å²) in [6.07, 6.45) is 1.86. The molecule has 0 radical (unpaired) electrons. The fourth-order valence-electron chi connectivity index (χ4n) is 2.08. The highest BCUT2D eigenvalue weighted by atomic mass is 32.1. The predicted molar refractivity (Wildman–Crippen MR) is 88.7 cm³/mol. The van der Waals surface area contributed by atoms with E-state index in [4.69, 9.17) is 17.0 Å². The molecular formula is C15H20N4OS. The quantitative estimate of drug-likeness (QED) is 0.851. The first-order valence-electron chi connectivity index (χ1n) is 6.71. The molecular weight excluding hydrogens is 284 g/mol. The number of rotatable bonds is 4. The molecule has 0 aliphatic carbocycles. The minimum absolute atomic E-state index is 0.0873. The van der Waals surface area contributed by atoms with E-state index >= 15 is 0 Å². The molecule has 0 bridgehead atoms. The fraction of sp³-hybridized carbons (Fsp3) is 0.333. The number of nitrogens with one attached hydrogen (secondary N) is 2. The van der Waals surface area contributed by atoms with E-state index in [1.54, 1.807) is 7.11 Å². The second-order valence-electron chi connectivity index (χ2n) is 4.86. The van der Waals surface area contributed by atoms with E-state index in [0.29, 0.717) is 5.11 Å². The van der Waals surface area contributed by atoms with Crippen LogP contribution in [0.5, 0.6) is 5.75 Å². The number of thiocarbonyl (C=S) groups is 1. The summed E-state index contributed by atoms with van der Waals surface area (Å²) in [5.74, 6) is 0.791. The number of ether oxygens (including phenoxy) is 1. The Morgan fingerprint density at radius 1 is 1.43 bits per heavy atom. The van der Waals surface area contributed by atoms with Gasteiger partial charge in [0.2, 0.25) is 0 Å². The normalized spacial score (nSPS) is 11.8. The highest BCUT2D eigenvalue weighted by molar-refractivity contribution is 7.80. The van der Waals surface area contributed by atoms with E-state index in [2.05, 4.69) is 22.7 Å². The second kappa shape index (κ2) is 6.58. The number of anilines is 1. The van der Waals surface area contributed by atoms with E-state index in [9.17, 15) is 0 Å². The summed E-state index contributed by atoms with van der Waals surface area (Å²) in [5.41, 5.74) is 3.15. The Kier molecular flexibility index (Phi) is 4.80. The zero-order valence-electron chi connectivity index (χ0n) is 12.7. The molecule has 2 N–H and O–H groups in total. The summed E-state index contributed by atoms with van der Waals surface area (Å²) in [5, 5.41) is 11.2. The fourth-order valence-corrected chi connectivity index (χ4v) is 2.38. The van der Waals surface area contributed by atoms with Crippen molar-refractivity contribution in [1.82, 2.24) is 15.1 Å². The molecule has 5 nitrogen and oxygen atoms in total. The third kappa shape index (κ3) is 3.72. The molecule has 6 heteroatoms. The van der Waals surface area contributed by atoms with Crippen LogP contribution < -0.4 is 15.4 Å². The van der Waals surface area contributed by atoms with Gasteiger partial charge in [-0.05, 0) is 38.2 Å². The minimum Gasteiger partial charge on any atom is -0.497 e. The lowest BCUT2D eigenvalue weighted by molar-refractivity contribution is 0.415. The van der Waals surface area contributed by atoms with Gasteiger partial charge in [0.1, 0.15) is 5.75 Å². The molecule has 0 aliphatic heterocycles. The zero-order chi connectivity index (χ0) is 15.4. The van der Waals surface area contributed by atoms with Crippen molar-refractivity contribution in [3.8, 4) is 5.75 Å². The topological polar surface area (TPSA) is 51.1 Å². The molecule has 0 fully saturated rings. The van der Waals surface area contributed by atoms with E-state index in [0.717, 1.165) is 22.7 Å². The number of hydrogen-bond donors (Lipinski definition) is 2. The molecule has 1 unspecified atom stereocenters. The van der Waals surface area contributed by atoms with E-state index < -0.39 is 0 Å². The summed E-state index contributed by atoms with van der Waals surface area (Å²) in [6, 6.07) is 7.73. The minimum atomic E-state index is 0.0873. The SMILES string of the molecule is COc1cccc(NC(=S)NC(C)c2cnn(C)c2C)c1. The molecule has 0 saturated heterocycles. The Morgan fingerprint density at radius 2 is 2.19 bits per heavy atom. The van der Waals surface area contributed by atoms with Crippen LogP contribution in [0.2, 0.25) is 0 Å². The van der Waals surface area contributed by atoms with Crippen molar-refractivity contribution in [3.05, 3.63) is 41.7 Å². The van der Waals surface area contributed by atoms with Gasteiger partial charge in [0.15, 0.2) is 5.11 Å². The molecule has 0 saturated carbocycles. The monoisotopic (exact) mass is 304 g/mol. The summed E-state index contributed by atoms with van der Waals surface area (Å²) < 4.78 is 7.04. The summed E-state index contributed by atoms with van der Waals surface area (Å²) >= 11 is 5.35. The summed E-state index contributed by atoms with van der Waals surface area (Å²) in [7, 11) is 3.57. The Balaban J connectivity index is 1.99. The maximum atomic E-state index is 5.35. The molecule has 0 aliphatic rings. The largest absolute Gasteiger partial charge is 0.497 e. The molecule has 1 aromatic heterocycles. The number of hydrogen-bond acceptors (Lipinski definition) is 3. The Morgan fingerprint density at radius 3 is 2.81 bits per heavy atom. The van der Waals surface area contributed by atoms with Crippen LogP contribution in [-0.2, 0) is 7.05 Å². The van der Waals surface area contributed by atoms with Gasteiger partial charge in [-0.3, -0.25) is 4.68 Å². The molecule has 1 atom stereocenters. The lowest BCUT2D eigenvalue weighted by atomic mass is 10.1. The predicted octanol–water partition coefficient (Wildman–Crippen LogP) is 2.78. The first-order valence-corrected chi connectivity index (χ1v) is 7.12. The standard InChI is InChI=1S/C15H20N4OS/c1-10(14-9-16-19(3)11(14)2)17-15(21)18-12-6-5-7-13(8-12)20-4/h5-10H,1-4H3,(H2,17,18,21). The first-order chi connectivity index (χ1) is 10.0. The van der Waals surface area contributed by atoms with Crippen LogP contribution in [0.4, 0.5) is 5.69 Å². The van der Waals surface area contributed by atoms with Crippen LogP contribution in [0.25, 0.3) is 0 Å². The smallest absolute Gasteiger partial charge is 0.171 e. The molecule has 2 aromatic rings. The van der Waals surface area contributed by atoms with Crippen molar-refractivity contribution in [2.24, 2.45) is 7.05 Å². The average Bonchev–Trinajstić information content (AvgIpc) is 2.79.